The lowest BCUT2D eigenvalue weighted by atomic mass is 9.98. The molecule has 1 aromatic carbocycles. The average molecular weight is 311 g/mol. The molecule has 3 heteroatoms. The van der Waals surface area contributed by atoms with Crippen LogP contribution in [0, 0.1) is 5.92 Å². The number of rotatable bonds is 4. The second-order valence-corrected chi connectivity index (χ2v) is 6.28. The maximum Gasteiger partial charge on any atom is 0.0303 e. The highest BCUT2D eigenvalue weighted by Gasteiger charge is 2.18. The highest BCUT2D eigenvalue weighted by Crippen LogP contribution is 2.23. The molecule has 0 saturated carbocycles. The van der Waals surface area contributed by atoms with Gasteiger partial charge in [-0.15, -0.1) is 0 Å². The van der Waals surface area contributed by atoms with Gasteiger partial charge in [-0.3, -0.25) is 0 Å². The summed E-state index contributed by atoms with van der Waals surface area (Å²) in [5.41, 5.74) is 1.35. The summed E-state index contributed by atoms with van der Waals surface area (Å²) < 4.78 is 1.20. The van der Waals surface area contributed by atoms with Gasteiger partial charge in [-0.1, -0.05) is 34.1 Å². The van der Waals surface area contributed by atoms with Gasteiger partial charge in [-0.2, -0.15) is 0 Å². The predicted molar refractivity (Wildman–Crippen MR) is 80.8 cm³/mol. The van der Waals surface area contributed by atoms with Crippen LogP contribution in [-0.2, 0) is 0 Å². The molecule has 0 bridgehead atoms. The molecule has 2 atom stereocenters. The molecule has 1 aliphatic heterocycles. The molecule has 1 N–H and O–H groups in total. The maximum atomic E-state index is 3.67. The summed E-state index contributed by atoms with van der Waals surface area (Å²) in [6, 6.07) is 8.88. The standard InChI is InChI=1S/C15H23BrN2/c1-12(14-7-3-4-8-15(14)16)17-10-13-6-5-9-18(2)11-13/h3-4,7-8,12-13,17H,5-6,9-11H2,1-2H3. The molecule has 0 radical (unpaired) electrons. The highest BCUT2D eigenvalue weighted by atomic mass is 79.9. The minimum Gasteiger partial charge on any atom is -0.310 e. The Morgan fingerprint density at radius 2 is 2.22 bits per heavy atom. The van der Waals surface area contributed by atoms with Crippen molar-refractivity contribution in [2.75, 3.05) is 26.7 Å². The molecular formula is C15H23BrN2. The molecular weight excluding hydrogens is 288 g/mol. The van der Waals surface area contributed by atoms with Gasteiger partial charge in [0, 0.05) is 17.1 Å². The first-order valence-electron chi connectivity index (χ1n) is 6.83. The van der Waals surface area contributed by atoms with Crippen molar-refractivity contribution < 1.29 is 0 Å². The Balaban J connectivity index is 1.84. The number of benzene rings is 1. The third-order valence-corrected chi connectivity index (χ3v) is 4.53. The van der Waals surface area contributed by atoms with E-state index in [0.717, 1.165) is 12.5 Å². The lowest BCUT2D eigenvalue weighted by molar-refractivity contribution is 0.203. The van der Waals surface area contributed by atoms with E-state index in [9.17, 15) is 0 Å². The molecule has 18 heavy (non-hydrogen) atoms. The van der Waals surface area contributed by atoms with Crippen LogP contribution in [0.25, 0.3) is 0 Å². The molecule has 2 unspecified atom stereocenters. The molecule has 1 fully saturated rings. The van der Waals surface area contributed by atoms with Crippen LogP contribution in [-0.4, -0.2) is 31.6 Å². The average Bonchev–Trinajstić information content (AvgIpc) is 2.37. The third kappa shape index (κ3) is 3.81. The maximum absolute atomic E-state index is 3.67. The topological polar surface area (TPSA) is 15.3 Å². The van der Waals surface area contributed by atoms with Gasteiger partial charge in [0.15, 0.2) is 0 Å². The Hall–Kier alpha value is -0.380. The van der Waals surface area contributed by atoms with Gasteiger partial charge in [0.1, 0.15) is 0 Å². The van der Waals surface area contributed by atoms with Crippen molar-refractivity contribution in [2.45, 2.75) is 25.8 Å². The molecule has 2 rings (SSSR count). The Bertz CT molecular complexity index is 381. The van der Waals surface area contributed by atoms with Crippen LogP contribution in [0.15, 0.2) is 28.7 Å². The van der Waals surface area contributed by atoms with E-state index in [0.29, 0.717) is 6.04 Å². The van der Waals surface area contributed by atoms with Crippen LogP contribution in [0.3, 0.4) is 0 Å². The molecule has 0 amide bonds. The molecule has 1 heterocycles. The first-order valence-corrected chi connectivity index (χ1v) is 7.62. The van der Waals surface area contributed by atoms with Gasteiger partial charge < -0.3 is 10.2 Å². The van der Waals surface area contributed by atoms with Gasteiger partial charge in [0.25, 0.3) is 0 Å². The van der Waals surface area contributed by atoms with E-state index in [-0.39, 0.29) is 0 Å². The Morgan fingerprint density at radius 1 is 1.44 bits per heavy atom. The van der Waals surface area contributed by atoms with E-state index in [1.165, 1.54) is 36.0 Å². The number of nitrogens with zero attached hydrogens (tertiary/aromatic N) is 1. The fourth-order valence-corrected chi connectivity index (χ4v) is 3.35. The van der Waals surface area contributed by atoms with Gasteiger partial charge in [0.2, 0.25) is 0 Å². The fraction of sp³-hybridized carbons (Fsp3) is 0.600. The number of halogens is 1. The smallest absolute Gasteiger partial charge is 0.0303 e. The van der Waals surface area contributed by atoms with E-state index >= 15 is 0 Å². The van der Waals surface area contributed by atoms with Crippen LogP contribution in [0.1, 0.15) is 31.4 Å². The van der Waals surface area contributed by atoms with Crippen LogP contribution in [0.4, 0.5) is 0 Å². The van der Waals surface area contributed by atoms with E-state index < -0.39 is 0 Å². The zero-order valence-corrected chi connectivity index (χ0v) is 12.9. The molecule has 1 saturated heterocycles. The Labute approximate surface area is 119 Å². The zero-order valence-electron chi connectivity index (χ0n) is 11.3. The van der Waals surface area contributed by atoms with Crippen LogP contribution in [0.2, 0.25) is 0 Å². The summed E-state index contributed by atoms with van der Waals surface area (Å²) in [4.78, 5) is 2.44. The zero-order chi connectivity index (χ0) is 13.0. The quantitative estimate of drug-likeness (QED) is 0.916. The van der Waals surface area contributed by atoms with Gasteiger partial charge >= 0.3 is 0 Å². The van der Waals surface area contributed by atoms with Crippen LogP contribution >= 0.6 is 15.9 Å². The second kappa shape index (κ2) is 6.69. The molecule has 100 valence electrons. The number of hydrogen-bond acceptors (Lipinski definition) is 2. The first-order chi connectivity index (χ1) is 8.66. The van der Waals surface area contributed by atoms with Crippen molar-refractivity contribution in [3.63, 3.8) is 0 Å². The molecule has 2 nitrogen and oxygen atoms in total. The van der Waals surface area contributed by atoms with Crippen molar-refractivity contribution >= 4 is 15.9 Å². The number of piperidine rings is 1. The summed E-state index contributed by atoms with van der Waals surface area (Å²) in [6.45, 7) is 5.85. The minimum absolute atomic E-state index is 0.410. The van der Waals surface area contributed by atoms with E-state index in [1.54, 1.807) is 0 Å². The normalized spacial score (nSPS) is 22.9. The summed E-state index contributed by atoms with van der Waals surface area (Å²) in [5, 5.41) is 3.67. The van der Waals surface area contributed by atoms with E-state index in [4.69, 9.17) is 0 Å². The van der Waals surface area contributed by atoms with Gasteiger partial charge in [0.05, 0.1) is 0 Å². The first kappa shape index (κ1) is 14.0. The fourth-order valence-electron chi connectivity index (χ4n) is 2.72. The Morgan fingerprint density at radius 3 is 2.94 bits per heavy atom. The number of nitrogens with one attached hydrogen (secondary N) is 1. The van der Waals surface area contributed by atoms with Crippen LogP contribution < -0.4 is 5.32 Å². The summed E-state index contributed by atoms with van der Waals surface area (Å²) in [6.07, 6.45) is 2.70. The highest BCUT2D eigenvalue weighted by molar-refractivity contribution is 9.10. The molecule has 0 aliphatic carbocycles. The van der Waals surface area contributed by atoms with Gasteiger partial charge in [-0.05, 0) is 57.5 Å². The molecule has 0 spiro atoms. The number of likely N-dealkylation sites (tertiary alicyclic amines) is 1. The van der Waals surface area contributed by atoms with Crippen molar-refractivity contribution in [3.05, 3.63) is 34.3 Å². The van der Waals surface area contributed by atoms with E-state index in [1.807, 2.05) is 0 Å². The third-order valence-electron chi connectivity index (χ3n) is 3.81. The van der Waals surface area contributed by atoms with Crippen molar-refractivity contribution in [1.82, 2.24) is 10.2 Å². The second-order valence-electron chi connectivity index (χ2n) is 5.42. The summed E-state index contributed by atoms with van der Waals surface area (Å²) in [7, 11) is 2.23. The lowest BCUT2D eigenvalue weighted by Gasteiger charge is -2.30. The van der Waals surface area contributed by atoms with Crippen molar-refractivity contribution in [2.24, 2.45) is 5.92 Å². The lowest BCUT2D eigenvalue weighted by Crippen LogP contribution is -2.38. The molecule has 1 aromatic rings. The van der Waals surface area contributed by atoms with Crippen molar-refractivity contribution in [1.29, 1.82) is 0 Å². The summed E-state index contributed by atoms with van der Waals surface area (Å²) in [5.74, 6) is 0.800. The van der Waals surface area contributed by atoms with Crippen molar-refractivity contribution in [3.8, 4) is 0 Å². The van der Waals surface area contributed by atoms with E-state index in [2.05, 4.69) is 64.4 Å². The Kier molecular flexibility index (Phi) is 5.22. The largest absolute Gasteiger partial charge is 0.310 e. The number of hydrogen-bond donors (Lipinski definition) is 1. The minimum atomic E-state index is 0.410. The van der Waals surface area contributed by atoms with Gasteiger partial charge in [-0.25, -0.2) is 0 Å². The SMILES string of the molecule is CC(NCC1CCCN(C)C1)c1ccccc1Br. The monoisotopic (exact) mass is 310 g/mol. The van der Waals surface area contributed by atoms with Crippen LogP contribution in [0.5, 0.6) is 0 Å². The summed E-state index contributed by atoms with van der Waals surface area (Å²) >= 11 is 3.62. The molecule has 1 aliphatic rings. The molecule has 0 aromatic heterocycles. The predicted octanol–water partition coefficient (Wildman–Crippen LogP) is 3.44.